The van der Waals surface area contributed by atoms with Crippen LogP contribution in [0.3, 0.4) is 0 Å². The Balaban J connectivity index is 1.17. The molecule has 0 radical (unpaired) electrons. The third kappa shape index (κ3) is 7.08. The number of ether oxygens (including phenoxy) is 1. The van der Waals surface area contributed by atoms with E-state index in [4.69, 9.17) is 4.74 Å². The number of nitrogens with zero attached hydrogens (tertiary/aromatic N) is 4. The molecule has 8 heteroatoms. The van der Waals surface area contributed by atoms with Gasteiger partial charge in [-0.15, -0.1) is 11.3 Å². The minimum Gasteiger partial charge on any atom is -0.489 e. The summed E-state index contributed by atoms with van der Waals surface area (Å²) >= 11 is 1.47. The Bertz CT molecular complexity index is 1020. The maximum absolute atomic E-state index is 12.1. The molecule has 0 spiro atoms. The first-order valence-corrected chi connectivity index (χ1v) is 12.2. The molecule has 2 aromatic heterocycles. The van der Waals surface area contributed by atoms with Gasteiger partial charge in [0, 0.05) is 57.0 Å². The van der Waals surface area contributed by atoms with Crippen LogP contribution in [-0.4, -0.2) is 64.5 Å². The van der Waals surface area contributed by atoms with Crippen LogP contribution in [0.5, 0.6) is 5.75 Å². The zero-order valence-electron chi connectivity index (χ0n) is 19.2. The minimum atomic E-state index is -0.161. The lowest BCUT2D eigenvalue weighted by atomic mass is 10.2. The molecule has 1 saturated heterocycles. The number of hydrogen-bond donors (Lipinski definition) is 1. The largest absolute Gasteiger partial charge is 0.489 e. The molecule has 1 amide bonds. The van der Waals surface area contributed by atoms with Crippen molar-refractivity contribution in [2.75, 3.05) is 32.7 Å². The smallest absolute Gasteiger partial charge is 0.270 e. The van der Waals surface area contributed by atoms with E-state index >= 15 is 0 Å². The summed E-state index contributed by atoms with van der Waals surface area (Å²) in [6.45, 7) is 10.4. The van der Waals surface area contributed by atoms with Crippen LogP contribution in [-0.2, 0) is 13.1 Å². The van der Waals surface area contributed by atoms with Gasteiger partial charge < -0.3 is 10.1 Å². The van der Waals surface area contributed by atoms with Gasteiger partial charge in [0.05, 0.1) is 11.6 Å². The van der Waals surface area contributed by atoms with Crippen LogP contribution in [0.25, 0.3) is 0 Å². The summed E-state index contributed by atoms with van der Waals surface area (Å²) in [5, 5.41) is 5.54. The monoisotopic (exact) mass is 465 g/mol. The maximum Gasteiger partial charge on any atom is 0.270 e. The van der Waals surface area contributed by atoms with Gasteiger partial charge in [0.1, 0.15) is 17.5 Å². The van der Waals surface area contributed by atoms with E-state index in [1.807, 2.05) is 44.4 Å². The van der Waals surface area contributed by atoms with E-state index in [1.165, 1.54) is 22.5 Å². The first-order chi connectivity index (χ1) is 16.0. The SMILES string of the molecule is Cc1nc(C(=O)NC[C@@H](C)Oc2ccc(CN3CCN(Cc4cccnc4)CC3)cc2)cs1. The van der Waals surface area contributed by atoms with E-state index in [0.717, 1.165) is 50.0 Å². The summed E-state index contributed by atoms with van der Waals surface area (Å²) in [5.41, 5.74) is 3.02. The number of rotatable bonds is 9. The van der Waals surface area contributed by atoms with Crippen LogP contribution in [0.15, 0.2) is 54.2 Å². The highest BCUT2D eigenvalue weighted by Gasteiger charge is 2.17. The van der Waals surface area contributed by atoms with E-state index in [2.05, 4.69) is 43.3 Å². The fourth-order valence-electron chi connectivity index (χ4n) is 3.86. The Hall–Kier alpha value is -2.81. The van der Waals surface area contributed by atoms with E-state index in [9.17, 15) is 4.79 Å². The Kier molecular flexibility index (Phi) is 8.04. The number of piperazine rings is 1. The van der Waals surface area contributed by atoms with Gasteiger partial charge in [0.15, 0.2) is 0 Å². The van der Waals surface area contributed by atoms with Crippen LogP contribution in [0.2, 0.25) is 0 Å². The molecule has 3 aromatic rings. The van der Waals surface area contributed by atoms with Crippen molar-refractivity contribution in [2.24, 2.45) is 0 Å². The average molecular weight is 466 g/mol. The van der Waals surface area contributed by atoms with Crippen molar-refractivity contribution in [1.29, 1.82) is 0 Å². The Morgan fingerprint density at radius 1 is 1.09 bits per heavy atom. The van der Waals surface area contributed by atoms with Gasteiger partial charge >= 0.3 is 0 Å². The molecule has 33 heavy (non-hydrogen) atoms. The molecule has 4 rings (SSSR count). The normalized spacial score (nSPS) is 15.8. The molecule has 1 aromatic carbocycles. The van der Waals surface area contributed by atoms with Crippen molar-refractivity contribution in [2.45, 2.75) is 33.0 Å². The van der Waals surface area contributed by atoms with Gasteiger partial charge in [-0.1, -0.05) is 18.2 Å². The van der Waals surface area contributed by atoms with Crippen molar-refractivity contribution < 1.29 is 9.53 Å². The van der Waals surface area contributed by atoms with Crippen LogP contribution in [0.4, 0.5) is 0 Å². The Morgan fingerprint density at radius 2 is 1.79 bits per heavy atom. The Labute approximate surface area is 199 Å². The maximum atomic E-state index is 12.1. The quantitative estimate of drug-likeness (QED) is 0.523. The third-order valence-corrected chi connectivity index (χ3v) is 6.44. The van der Waals surface area contributed by atoms with Gasteiger partial charge in [0.2, 0.25) is 0 Å². The molecule has 7 nitrogen and oxygen atoms in total. The van der Waals surface area contributed by atoms with Crippen molar-refractivity contribution in [3.05, 3.63) is 76.0 Å². The second kappa shape index (κ2) is 11.4. The zero-order chi connectivity index (χ0) is 23.0. The Morgan fingerprint density at radius 3 is 2.39 bits per heavy atom. The zero-order valence-corrected chi connectivity index (χ0v) is 20.1. The molecule has 0 saturated carbocycles. The van der Waals surface area contributed by atoms with Gasteiger partial charge in [-0.3, -0.25) is 19.6 Å². The predicted octanol–water partition coefficient (Wildman–Crippen LogP) is 3.36. The fraction of sp³-hybridized carbons (Fsp3) is 0.400. The molecule has 0 unspecified atom stereocenters. The van der Waals surface area contributed by atoms with E-state index < -0.39 is 0 Å². The van der Waals surface area contributed by atoms with Crippen LogP contribution in [0.1, 0.15) is 33.5 Å². The number of carbonyl (C=O) groups is 1. The second-order valence-electron chi connectivity index (χ2n) is 8.45. The molecule has 1 aliphatic rings. The summed E-state index contributed by atoms with van der Waals surface area (Å²) in [4.78, 5) is 25.5. The molecular formula is C25H31N5O2S. The second-order valence-corrected chi connectivity index (χ2v) is 9.51. The number of aryl methyl sites for hydroxylation is 1. The number of amides is 1. The fourth-order valence-corrected chi connectivity index (χ4v) is 4.45. The van der Waals surface area contributed by atoms with Crippen molar-refractivity contribution in [3.63, 3.8) is 0 Å². The van der Waals surface area contributed by atoms with E-state index in [1.54, 1.807) is 5.38 Å². The summed E-state index contributed by atoms with van der Waals surface area (Å²) in [6.07, 6.45) is 3.64. The van der Waals surface area contributed by atoms with Gasteiger partial charge in [-0.25, -0.2) is 4.98 Å². The lowest BCUT2D eigenvalue weighted by Gasteiger charge is -2.34. The number of aromatic nitrogens is 2. The molecule has 1 aliphatic heterocycles. The highest BCUT2D eigenvalue weighted by Crippen LogP contribution is 2.17. The molecule has 1 fully saturated rings. The third-order valence-electron chi connectivity index (χ3n) is 5.66. The summed E-state index contributed by atoms with van der Waals surface area (Å²) in [7, 11) is 0. The molecule has 174 valence electrons. The summed E-state index contributed by atoms with van der Waals surface area (Å²) in [5.74, 6) is 0.650. The first kappa shape index (κ1) is 23.4. The highest BCUT2D eigenvalue weighted by molar-refractivity contribution is 7.09. The predicted molar refractivity (Wildman–Crippen MR) is 131 cm³/mol. The van der Waals surface area contributed by atoms with E-state index in [0.29, 0.717) is 12.2 Å². The topological polar surface area (TPSA) is 70.6 Å². The van der Waals surface area contributed by atoms with Crippen molar-refractivity contribution in [1.82, 2.24) is 25.1 Å². The van der Waals surface area contributed by atoms with Crippen LogP contribution in [0, 0.1) is 6.92 Å². The van der Waals surface area contributed by atoms with Gasteiger partial charge in [-0.05, 0) is 43.2 Å². The number of thiazole rings is 1. The van der Waals surface area contributed by atoms with Gasteiger partial charge in [-0.2, -0.15) is 0 Å². The number of hydrogen-bond acceptors (Lipinski definition) is 7. The lowest BCUT2D eigenvalue weighted by Crippen LogP contribution is -2.45. The molecule has 0 bridgehead atoms. The first-order valence-electron chi connectivity index (χ1n) is 11.3. The van der Waals surface area contributed by atoms with Crippen LogP contribution < -0.4 is 10.1 Å². The number of carbonyl (C=O) groups excluding carboxylic acids is 1. The molecule has 3 heterocycles. The molecular weight excluding hydrogens is 434 g/mol. The van der Waals surface area contributed by atoms with Crippen molar-refractivity contribution >= 4 is 17.2 Å². The molecule has 1 N–H and O–H groups in total. The average Bonchev–Trinajstić information content (AvgIpc) is 3.27. The number of benzene rings is 1. The number of nitrogens with one attached hydrogen (secondary N) is 1. The lowest BCUT2D eigenvalue weighted by molar-refractivity contribution is 0.0927. The van der Waals surface area contributed by atoms with Crippen molar-refractivity contribution in [3.8, 4) is 5.75 Å². The summed E-state index contributed by atoms with van der Waals surface area (Å²) in [6, 6.07) is 12.4. The molecule has 1 atom stereocenters. The van der Waals surface area contributed by atoms with Gasteiger partial charge in [0.25, 0.3) is 5.91 Å². The standard InChI is InChI=1S/C25H31N5O2S/c1-19(14-27-25(31)24-18-33-20(2)28-24)32-23-7-5-21(6-8-23)16-29-10-12-30(13-11-29)17-22-4-3-9-26-15-22/h3-9,15,18-19H,10-14,16-17H2,1-2H3,(H,27,31)/t19-/m1/s1. The molecule has 0 aliphatic carbocycles. The highest BCUT2D eigenvalue weighted by atomic mass is 32.1. The number of pyridine rings is 1. The van der Waals surface area contributed by atoms with Crippen LogP contribution >= 0.6 is 11.3 Å². The minimum absolute atomic E-state index is 0.132. The summed E-state index contributed by atoms with van der Waals surface area (Å²) < 4.78 is 5.96. The van der Waals surface area contributed by atoms with E-state index in [-0.39, 0.29) is 12.0 Å².